The molecule has 3 saturated carbocycles. The van der Waals surface area contributed by atoms with Gasteiger partial charge in [-0.2, -0.15) is 0 Å². The zero-order valence-corrected chi connectivity index (χ0v) is 20.5. The van der Waals surface area contributed by atoms with Crippen LogP contribution in [0.15, 0.2) is 47.6 Å². The number of rotatable bonds is 6. The van der Waals surface area contributed by atoms with Crippen molar-refractivity contribution in [3.8, 4) is 0 Å². The Hall–Kier alpha value is -1.20. The lowest BCUT2D eigenvalue weighted by Crippen LogP contribution is -2.51. The second-order valence-electron chi connectivity index (χ2n) is 11.3. The fourth-order valence-electron chi connectivity index (χ4n) is 6.35. The van der Waals surface area contributed by atoms with Crippen molar-refractivity contribution in [2.45, 2.75) is 96.4 Å². The van der Waals surface area contributed by atoms with E-state index in [1.165, 1.54) is 42.9 Å². The molecule has 2 unspecified atom stereocenters. The first-order valence-electron chi connectivity index (χ1n) is 12.4. The van der Waals surface area contributed by atoms with Crippen LogP contribution in [0.5, 0.6) is 0 Å². The fraction of sp³-hybridized carbons (Fsp3) is 0.714. The van der Waals surface area contributed by atoms with Gasteiger partial charge in [-0.15, -0.1) is 0 Å². The Bertz CT molecular complexity index is 787. The SMILES string of the molecule is C=C1CC[C@H](O)C/C1=C/C=C1\CCC[C@]2(C)[C@@H]([C@H](C)/C=C/C(C)(O)C(C)(O)CO)CC[C@@H]12. The minimum atomic E-state index is -1.57. The van der Waals surface area contributed by atoms with Crippen LogP contribution in [0.3, 0.4) is 0 Å². The molecule has 0 aliphatic heterocycles. The molecule has 4 N–H and O–H groups in total. The highest BCUT2D eigenvalue weighted by Gasteiger charge is 2.50. The number of aliphatic hydroxyl groups is 4. The molecule has 3 aliphatic rings. The summed E-state index contributed by atoms with van der Waals surface area (Å²) < 4.78 is 0. The van der Waals surface area contributed by atoms with Crippen LogP contribution in [0, 0.1) is 23.2 Å². The monoisotopic (exact) mass is 444 g/mol. The predicted molar refractivity (Wildman–Crippen MR) is 130 cm³/mol. The van der Waals surface area contributed by atoms with Crippen LogP contribution < -0.4 is 0 Å². The van der Waals surface area contributed by atoms with Crippen LogP contribution in [-0.2, 0) is 0 Å². The Morgan fingerprint density at radius 2 is 1.88 bits per heavy atom. The first-order chi connectivity index (χ1) is 14.9. The standard InChI is InChI=1S/C28H44O4/c1-19-8-11-23(30)17-22(19)10-9-21-7-6-15-26(3)24(12-13-25(21)26)20(2)14-16-27(4,31)28(5,32)18-29/h9-10,14,16,20,23-25,29-32H,1,6-8,11-13,15,17-18H2,2-5H3/b16-14+,21-9+,22-10-/t20-,23+,24-,25+,26-,27?,28?/m1/s1. The number of allylic oxidation sites excluding steroid dienone is 5. The van der Waals surface area contributed by atoms with E-state index in [9.17, 15) is 20.4 Å². The molecule has 0 aromatic rings. The smallest absolute Gasteiger partial charge is 0.117 e. The molecule has 32 heavy (non-hydrogen) atoms. The van der Waals surface area contributed by atoms with Crippen molar-refractivity contribution in [1.82, 2.24) is 0 Å². The Labute approximate surface area is 194 Å². The van der Waals surface area contributed by atoms with Gasteiger partial charge in [0.15, 0.2) is 0 Å². The maximum atomic E-state index is 10.7. The normalized spacial score (nSPS) is 38.6. The molecule has 0 aromatic carbocycles. The van der Waals surface area contributed by atoms with Gasteiger partial charge in [0.05, 0.1) is 12.7 Å². The molecule has 3 rings (SSSR count). The van der Waals surface area contributed by atoms with Crippen LogP contribution in [0.1, 0.15) is 79.1 Å². The second-order valence-corrected chi connectivity index (χ2v) is 11.3. The highest BCUT2D eigenvalue weighted by molar-refractivity contribution is 5.36. The molecule has 0 bridgehead atoms. The molecule has 180 valence electrons. The van der Waals surface area contributed by atoms with Crippen LogP contribution in [-0.4, -0.2) is 44.3 Å². The predicted octanol–water partition coefficient (Wildman–Crippen LogP) is 4.84. The van der Waals surface area contributed by atoms with Gasteiger partial charge in [-0.05, 0) is 94.0 Å². The van der Waals surface area contributed by atoms with E-state index in [1.807, 2.05) is 6.08 Å². The molecule has 7 atom stereocenters. The lowest BCUT2D eigenvalue weighted by molar-refractivity contribution is -0.126. The first-order valence-corrected chi connectivity index (χ1v) is 12.4. The van der Waals surface area contributed by atoms with Gasteiger partial charge in [-0.25, -0.2) is 0 Å². The van der Waals surface area contributed by atoms with Crippen molar-refractivity contribution in [3.63, 3.8) is 0 Å². The number of fused-ring (bicyclic) bond motifs is 1. The molecule has 3 fully saturated rings. The van der Waals surface area contributed by atoms with E-state index < -0.39 is 17.8 Å². The molecule has 3 aliphatic carbocycles. The third kappa shape index (κ3) is 4.99. The van der Waals surface area contributed by atoms with Crippen molar-refractivity contribution >= 4 is 0 Å². The average Bonchev–Trinajstić information content (AvgIpc) is 3.10. The summed E-state index contributed by atoms with van der Waals surface area (Å²) in [5.74, 6) is 1.36. The Morgan fingerprint density at radius 3 is 2.56 bits per heavy atom. The molecule has 0 amide bonds. The second kappa shape index (κ2) is 9.58. The van der Waals surface area contributed by atoms with Crippen molar-refractivity contribution in [2.75, 3.05) is 6.61 Å². The minimum absolute atomic E-state index is 0.223. The average molecular weight is 445 g/mol. The third-order valence-electron chi connectivity index (χ3n) is 8.98. The Morgan fingerprint density at radius 1 is 1.16 bits per heavy atom. The van der Waals surface area contributed by atoms with E-state index in [2.05, 4.69) is 32.6 Å². The molecule has 4 heteroatoms. The molecule has 0 radical (unpaired) electrons. The summed E-state index contributed by atoms with van der Waals surface area (Å²) >= 11 is 0. The summed E-state index contributed by atoms with van der Waals surface area (Å²) in [7, 11) is 0. The van der Waals surface area contributed by atoms with Crippen LogP contribution >= 0.6 is 0 Å². The highest BCUT2D eigenvalue weighted by atomic mass is 16.4. The zero-order chi connectivity index (χ0) is 23.7. The van der Waals surface area contributed by atoms with E-state index in [0.717, 1.165) is 25.7 Å². The molecule has 0 aromatic heterocycles. The van der Waals surface area contributed by atoms with E-state index in [1.54, 1.807) is 13.0 Å². The van der Waals surface area contributed by atoms with Crippen LogP contribution in [0.4, 0.5) is 0 Å². The van der Waals surface area contributed by atoms with Crippen molar-refractivity contribution < 1.29 is 20.4 Å². The van der Waals surface area contributed by atoms with E-state index >= 15 is 0 Å². The van der Waals surface area contributed by atoms with E-state index in [0.29, 0.717) is 18.3 Å². The minimum Gasteiger partial charge on any atom is -0.393 e. The van der Waals surface area contributed by atoms with Gasteiger partial charge in [-0.1, -0.05) is 55.9 Å². The number of hydrogen-bond acceptors (Lipinski definition) is 4. The van der Waals surface area contributed by atoms with Gasteiger partial charge in [0, 0.05) is 0 Å². The van der Waals surface area contributed by atoms with Crippen molar-refractivity contribution in [2.24, 2.45) is 23.2 Å². The molecule has 0 heterocycles. The largest absolute Gasteiger partial charge is 0.393 e. The maximum Gasteiger partial charge on any atom is 0.117 e. The van der Waals surface area contributed by atoms with Gasteiger partial charge in [0.2, 0.25) is 0 Å². The maximum absolute atomic E-state index is 10.7. The van der Waals surface area contributed by atoms with E-state index in [-0.39, 0.29) is 17.4 Å². The van der Waals surface area contributed by atoms with Gasteiger partial charge < -0.3 is 20.4 Å². The van der Waals surface area contributed by atoms with Crippen molar-refractivity contribution in [1.29, 1.82) is 0 Å². The summed E-state index contributed by atoms with van der Waals surface area (Å²) in [6, 6.07) is 0. The summed E-state index contributed by atoms with van der Waals surface area (Å²) in [6.45, 7) is 11.4. The quantitative estimate of drug-likeness (QED) is 0.442. The van der Waals surface area contributed by atoms with Crippen LogP contribution in [0.2, 0.25) is 0 Å². The molecular formula is C28H44O4. The number of aliphatic hydroxyl groups excluding tert-OH is 2. The lowest BCUT2D eigenvalue weighted by atomic mass is 9.61. The highest BCUT2D eigenvalue weighted by Crippen LogP contribution is 2.59. The molecule has 0 saturated heterocycles. The van der Waals surface area contributed by atoms with Crippen molar-refractivity contribution in [3.05, 3.63) is 47.6 Å². The molecular weight excluding hydrogens is 400 g/mol. The fourth-order valence-corrected chi connectivity index (χ4v) is 6.35. The topological polar surface area (TPSA) is 80.9 Å². The summed E-state index contributed by atoms with van der Waals surface area (Å²) in [6.07, 6.45) is 16.3. The first kappa shape index (κ1) is 25.4. The van der Waals surface area contributed by atoms with Gasteiger partial charge >= 0.3 is 0 Å². The van der Waals surface area contributed by atoms with Gasteiger partial charge in [0.1, 0.15) is 11.2 Å². The summed E-state index contributed by atoms with van der Waals surface area (Å²) in [5.41, 5.74) is 1.07. The van der Waals surface area contributed by atoms with Gasteiger partial charge in [0.25, 0.3) is 0 Å². The lowest BCUT2D eigenvalue weighted by Gasteiger charge is -2.44. The van der Waals surface area contributed by atoms with Gasteiger partial charge in [-0.3, -0.25) is 0 Å². The third-order valence-corrected chi connectivity index (χ3v) is 8.98. The molecule has 0 spiro atoms. The zero-order valence-electron chi connectivity index (χ0n) is 20.5. The Balaban J connectivity index is 1.77. The summed E-state index contributed by atoms with van der Waals surface area (Å²) in [5, 5.41) is 40.5. The number of hydrogen-bond donors (Lipinski definition) is 4. The Kier molecular flexibility index (Phi) is 7.61. The molecule has 4 nitrogen and oxygen atoms in total. The summed E-state index contributed by atoms with van der Waals surface area (Å²) in [4.78, 5) is 0. The van der Waals surface area contributed by atoms with E-state index in [4.69, 9.17) is 0 Å². The van der Waals surface area contributed by atoms with Crippen LogP contribution in [0.25, 0.3) is 0 Å².